The van der Waals surface area contributed by atoms with Gasteiger partial charge in [0.1, 0.15) is 0 Å². The van der Waals surface area contributed by atoms with E-state index in [1.165, 1.54) is 0 Å². The molecule has 0 N–H and O–H groups in total. The van der Waals surface area contributed by atoms with E-state index in [1.54, 1.807) is 45.3 Å². The van der Waals surface area contributed by atoms with Crippen molar-refractivity contribution in [2.45, 2.75) is 0 Å². The van der Waals surface area contributed by atoms with E-state index in [4.69, 9.17) is 0 Å². The van der Waals surface area contributed by atoms with Crippen LogP contribution in [-0.2, 0) is 14.1 Å². The molecule has 0 saturated carbocycles. The van der Waals surface area contributed by atoms with Gasteiger partial charge in [-0.3, -0.25) is 9.59 Å². The molecule has 9 rings (SSSR count). The van der Waals surface area contributed by atoms with E-state index < -0.39 is 0 Å². The lowest BCUT2D eigenvalue weighted by Gasteiger charge is -2.18. The van der Waals surface area contributed by atoms with Gasteiger partial charge >= 0.3 is 0 Å². The first-order chi connectivity index (χ1) is 22.5. The van der Waals surface area contributed by atoms with Gasteiger partial charge < -0.3 is 9.13 Å². The molecule has 0 spiro atoms. The zero-order valence-corrected chi connectivity index (χ0v) is 28.0. The average Bonchev–Trinajstić information content (AvgIpc) is 3.92. The van der Waals surface area contributed by atoms with E-state index in [2.05, 4.69) is 80.6 Å². The van der Waals surface area contributed by atoms with Crippen LogP contribution in [0.15, 0.2) is 116 Å². The van der Waals surface area contributed by atoms with Crippen molar-refractivity contribution in [1.29, 1.82) is 0 Å². The summed E-state index contributed by atoms with van der Waals surface area (Å²) >= 11 is 6.64. The van der Waals surface area contributed by atoms with Gasteiger partial charge in [0.25, 0.3) is 0 Å². The third kappa shape index (κ3) is 4.08. The molecule has 0 aliphatic carbocycles. The summed E-state index contributed by atoms with van der Waals surface area (Å²) in [6.45, 7) is 0. The molecule has 9 aromatic rings. The van der Waals surface area contributed by atoms with Gasteiger partial charge in [-0.15, -0.1) is 45.3 Å². The molecule has 4 nitrogen and oxygen atoms in total. The summed E-state index contributed by atoms with van der Waals surface area (Å²) in [7, 11) is 4.00. The number of aryl methyl sites for hydroxylation is 2. The van der Waals surface area contributed by atoms with Gasteiger partial charge in [0.05, 0.1) is 32.8 Å². The first kappa shape index (κ1) is 27.7. The number of benzene rings is 3. The van der Waals surface area contributed by atoms with Gasteiger partial charge in [-0.1, -0.05) is 24.3 Å². The predicted molar refractivity (Wildman–Crippen MR) is 200 cm³/mol. The molecule has 0 fully saturated rings. The van der Waals surface area contributed by atoms with E-state index in [1.807, 2.05) is 49.1 Å². The number of aromatic nitrogens is 2. The first-order valence-electron chi connectivity index (χ1n) is 14.7. The van der Waals surface area contributed by atoms with Crippen molar-refractivity contribution in [2.24, 2.45) is 14.1 Å². The molecule has 0 aliphatic heterocycles. The number of fused-ring (bicyclic) bond motifs is 4. The average molecular weight is 669 g/mol. The number of rotatable bonds is 4. The van der Waals surface area contributed by atoms with Gasteiger partial charge in [0, 0.05) is 55.5 Å². The van der Waals surface area contributed by atoms with Crippen molar-refractivity contribution in [3.63, 3.8) is 0 Å². The highest BCUT2D eigenvalue weighted by atomic mass is 32.1. The maximum Gasteiger partial charge on any atom is 0.197 e. The molecule has 46 heavy (non-hydrogen) atoms. The molecule has 0 radical (unpaired) electrons. The zero-order chi connectivity index (χ0) is 31.1. The lowest BCUT2D eigenvalue weighted by molar-refractivity contribution is 0.994. The Labute approximate surface area is 279 Å². The Bertz CT molecular complexity index is 2540. The zero-order valence-electron chi connectivity index (χ0n) is 24.7. The van der Waals surface area contributed by atoms with Gasteiger partial charge in [0.2, 0.25) is 0 Å². The van der Waals surface area contributed by atoms with Crippen LogP contribution in [0.25, 0.3) is 85.4 Å². The van der Waals surface area contributed by atoms with Crippen LogP contribution in [0, 0.1) is 0 Å². The molecule has 0 unspecified atom stereocenters. The lowest BCUT2D eigenvalue weighted by Crippen LogP contribution is -2.14. The standard InChI is InChI=1S/C38H24N2O2S4/c1-39-27-19-24-28(40(2)30-18-22(32-8-4-12-44-32)16-26(36(30)38(24)42)34-10-6-14-46-34)20-23(27)37(41)35-25(33-9-5-13-45-33)15-21(17-29(35)39)31-7-3-11-43-31/h3-20H,1-2H3. The Morgan fingerprint density at radius 3 is 1.17 bits per heavy atom. The summed E-state index contributed by atoms with van der Waals surface area (Å²) in [5.41, 5.74) is 7.17. The summed E-state index contributed by atoms with van der Waals surface area (Å²) in [5.74, 6) is 0. The van der Waals surface area contributed by atoms with Gasteiger partial charge in [-0.2, -0.15) is 0 Å². The molecule has 6 heterocycles. The van der Waals surface area contributed by atoms with Crippen LogP contribution in [0.2, 0.25) is 0 Å². The Morgan fingerprint density at radius 1 is 0.457 bits per heavy atom. The van der Waals surface area contributed by atoms with Crippen LogP contribution < -0.4 is 10.9 Å². The van der Waals surface area contributed by atoms with Crippen LogP contribution in [0.1, 0.15) is 0 Å². The summed E-state index contributed by atoms with van der Waals surface area (Å²) < 4.78 is 4.17. The van der Waals surface area contributed by atoms with E-state index in [0.717, 1.165) is 63.8 Å². The van der Waals surface area contributed by atoms with Crippen molar-refractivity contribution >= 4 is 89.0 Å². The fourth-order valence-electron chi connectivity index (χ4n) is 6.71. The highest BCUT2D eigenvalue weighted by Gasteiger charge is 2.21. The second kappa shape index (κ2) is 10.5. The number of thiophene rings is 4. The number of pyridine rings is 2. The molecule has 6 aromatic heterocycles. The SMILES string of the molecule is Cn1c2cc3c(=O)c4c(-c5cccs5)cc(-c5cccs5)cc4n(C)c3cc2c(=O)c2c(-c3cccs3)cc(-c3cccs3)cc21. The molecule has 8 heteroatoms. The lowest BCUT2D eigenvalue weighted by atomic mass is 9.97. The Hall–Kier alpha value is -4.60. The number of nitrogens with zero attached hydrogens (tertiary/aromatic N) is 2. The summed E-state index contributed by atoms with van der Waals surface area (Å²) in [5, 5.41) is 10.8. The summed E-state index contributed by atoms with van der Waals surface area (Å²) in [6.07, 6.45) is 0. The molecule has 222 valence electrons. The highest BCUT2D eigenvalue weighted by Crippen LogP contribution is 2.40. The Morgan fingerprint density at radius 2 is 0.826 bits per heavy atom. The fraction of sp³-hybridized carbons (Fsp3) is 0.0526. The van der Waals surface area contributed by atoms with E-state index in [0.29, 0.717) is 21.5 Å². The molecular formula is C38H24N2O2S4. The molecule has 0 bridgehead atoms. The molecule has 0 aliphatic rings. The molecule has 0 amide bonds. The largest absolute Gasteiger partial charge is 0.343 e. The molecular weight excluding hydrogens is 645 g/mol. The minimum Gasteiger partial charge on any atom is -0.343 e. The molecule has 0 atom stereocenters. The maximum absolute atomic E-state index is 14.6. The smallest absolute Gasteiger partial charge is 0.197 e. The Kier molecular flexibility index (Phi) is 6.30. The third-order valence-corrected chi connectivity index (χ3v) is 12.6. The van der Waals surface area contributed by atoms with E-state index in [9.17, 15) is 9.59 Å². The third-order valence-electron chi connectivity index (χ3n) is 8.92. The minimum absolute atomic E-state index is 0.0229. The fourth-order valence-corrected chi connectivity index (χ4v) is 9.63. The topological polar surface area (TPSA) is 44.0 Å². The van der Waals surface area contributed by atoms with Crippen LogP contribution >= 0.6 is 45.3 Å². The van der Waals surface area contributed by atoms with Crippen LogP contribution in [0.5, 0.6) is 0 Å². The second-order valence-corrected chi connectivity index (χ2v) is 15.2. The van der Waals surface area contributed by atoms with Crippen LogP contribution in [0.4, 0.5) is 0 Å². The molecule has 0 saturated heterocycles. The second-order valence-electron chi connectivity index (χ2n) is 11.4. The van der Waals surface area contributed by atoms with Gasteiger partial charge in [-0.05, 0) is 93.3 Å². The Balaban J connectivity index is 1.43. The maximum atomic E-state index is 14.6. The van der Waals surface area contributed by atoms with Crippen molar-refractivity contribution in [1.82, 2.24) is 9.13 Å². The van der Waals surface area contributed by atoms with Crippen molar-refractivity contribution < 1.29 is 0 Å². The molecule has 3 aromatic carbocycles. The van der Waals surface area contributed by atoms with Crippen LogP contribution in [-0.4, -0.2) is 9.13 Å². The quantitative estimate of drug-likeness (QED) is 0.175. The van der Waals surface area contributed by atoms with Crippen LogP contribution in [0.3, 0.4) is 0 Å². The monoisotopic (exact) mass is 668 g/mol. The normalized spacial score (nSPS) is 11.9. The van der Waals surface area contributed by atoms with E-state index >= 15 is 0 Å². The van der Waals surface area contributed by atoms with Gasteiger partial charge in [-0.25, -0.2) is 0 Å². The predicted octanol–water partition coefficient (Wildman–Crippen LogP) is 10.6. The van der Waals surface area contributed by atoms with Crippen molar-refractivity contribution in [3.8, 4) is 41.8 Å². The van der Waals surface area contributed by atoms with Crippen molar-refractivity contribution in [2.75, 3.05) is 0 Å². The first-order valence-corrected chi connectivity index (χ1v) is 18.3. The summed E-state index contributed by atoms with van der Waals surface area (Å²) in [4.78, 5) is 33.6. The minimum atomic E-state index is -0.0229. The number of hydrogen-bond donors (Lipinski definition) is 0. The number of hydrogen-bond acceptors (Lipinski definition) is 6. The van der Waals surface area contributed by atoms with Gasteiger partial charge in [0.15, 0.2) is 10.9 Å². The van der Waals surface area contributed by atoms with Crippen molar-refractivity contribution in [3.05, 3.63) is 127 Å². The van der Waals surface area contributed by atoms with E-state index in [-0.39, 0.29) is 10.9 Å². The summed E-state index contributed by atoms with van der Waals surface area (Å²) in [6, 6.07) is 28.9. The highest BCUT2D eigenvalue weighted by molar-refractivity contribution is 7.14.